The maximum atomic E-state index is 9.86. The Labute approximate surface area is 97.3 Å². The Bertz CT molecular complexity index is 369. The average Bonchev–Trinajstić information content (AvgIpc) is 2.26. The second-order valence-corrected chi connectivity index (χ2v) is 4.21. The first-order valence-corrected chi connectivity index (χ1v) is 5.42. The third-order valence-electron chi connectivity index (χ3n) is 2.52. The van der Waals surface area contributed by atoms with Crippen molar-refractivity contribution in [3.63, 3.8) is 0 Å². The van der Waals surface area contributed by atoms with Crippen LogP contribution < -0.4 is 4.74 Å². The third-order valence-corrected chi connectivity index (χ3v) is 2.52. The molecule has 1 N–H and O–H groups in total. The molecular weight excluding hydrogens is 200 g/mol. The predicted molar refractivity (Wildman–Crippen MR) is 65.2 cm³/mol. The zero-order chi connectivity index (χ0) is 12.0. The maximum absolute atomic E-state index is 9.86. The molecule has 0 saturated carbocycles. The van der Waals surface area contributed by atoms with Crippen molar-refractivity contribution >= 4 is 0 Å². The molecule has 1 unspecified atom stereocenters. The van der Waals surface area contributed by atoms with Crippen molar-refractivity contribution in [2.24, 2.45) is 5.92 Å². The van der Waals surface area contributed by atoms with Crippen molar-refractivity contribution in [1.82, 2.24) is 0 Å². The van der Waals surface area contributed by atoms with E-state index in [1.165, 1.54) is 0 Å². The van der Waals surface area contributed by atoms with Gasteiger partial charge in [0.1, 0.15) is 18.0 Å². The molecule has 0 amide bonds. The molecule has 0 heterocycles. The Kier molecular flexibility index (Phi) is 4.39. The second-order valence-electron chi connectivity index (χ2n) is 4.21. The number of benzene rings is 1. The standard InChI is InChI=1S/C14H18O2/c1-12(2)14(3,15)10-7-11-16-13-8-5-4-6-9-13/h4-6,8-9,12,15H,11H2,1-3H3. The van der Waals surface area contributed by atoms with Crippen LogP contribution in [0, 0.1) is 17.8 Å². The molecule has 0 fully saturated rings. The lowest BCUT2D eigenvalue weighted by molar-refractivity contribution is 0.0724. The molecule has 0 aromatic heterocycles. The average molecular weight is 218 g/mol. The minimum Gasteiger partial charge on any atom is -0.481 e. The predicted octanol–water partition coefficient (Wildman–Crippen LogP) is 2.48. The molecule has 1 aromatic rings. The fourth-order valence-electron chi connectivity index (χ4n) is 0.996. The summed E-state index contributed by atoms with van der Waals surface area (Å²) in [6.45, 7) is 5.89. The van der Waals surface area contributed by atoms with Crippen molar-refractivity contribution < 1.29 is 9.84 Å². The third kappa shape index (κ3) is 3.96. The Morgan fingerprint density at radius 2 is 1.94 bits per heavy atom. The Hall–Kier alpha value is -1.46. The van der Waals surface area contributed by atoms with E-state index in [4.69, 9.17) is 4.74 Å². The lowest BCUT2D eigenvalue weighted by Crippen LogP contribution is -2.28. The summed E-state index contributed by atoms with van der Waals surface area (Å²) in [5, 5.41) is 9.86. The Morgan fingerprint density at radius 1 is 1.31 bits per heavy atom. The van der Waals surface area contributed by atoms with E-state index in [0.717, 1.165) is 5.75 Å². The summed E-state index contributed by atoms with van der Waals surface area (Å²) < 4.78 is 5.40. The monoisotopic (exact) mass is 218 g/mol. The Balaban J connectivity index is 2.45. The minimum absolute atomic E-state index is 0.108. The van der Waals surface area contributed by atoms with Crippen LogP contribution >= 0.6 is 0 Å². The summed E-state index contributed by atoms with van der Waals surface area (Å²) in [5.74, 6) is 6.54. The number of hydrogen-bond acceptors (Lipinski definition) is 2. The van der Waals surface area contributed by atoms with Crippen LogP contribution in [-0.4, -0.2) is 17.3 Å². The lowest BCUT2D eigenvalue weighted by atomic mass is 9.93. The first-order chi connectivity index (χ1) is 7.52. The van der Waals surface area contributed by atoms with Gasteiger partial charge in [-0.1, -0.05) is 43.9 Å². The number of ether oxygens (including phenoxy) is 1. The van der Waals surface area contributed by atoms with Crippen molar-refractivity contribution in [2.45, 2.75) is 26.4 Å². The Morgan fingerprint density at radius 3 is 2.50 bits per heavy atom. The zero-order valence-corrected chi connectivity index (χ0v) is 10.0. The number of rotatable bonds is 3. The number of aliphatic hydroxyl groups is 1. The molecule has 16 heavy (non-hydrogen) atoms. The maximum Gasteiger partial charge on any atom is 0.149 e. The van der Waals surface area contributed by atoms with Gasteiger partial charge < -0.3 is 9.84 Å². The normalized spacial score (nSPS) is 13.8. The van der Waals surface area contributed by atoms with Gasteiger partial charge in [0, 0.05) is 0 Å². The van der Waals surface area contributed by atoms with E-state index >= 15 is 0 Å². The summed E-state index contributed by atoms with van der Waals surface area (Å²) in [6.07, 6.45) is 0. The van der Waals surface area contributed by atoms with Crippen LogP contribution in [0.2, 0.25) is 0 Å². The molecule has 0 spiro atoms. The molecule has 86 valence electrons. The van der Waals surface area contributed by atoms with E-state index in [9.17, 15) is 5.11 Å². The number of para-hydroxylation sites is 1. The first kappa shape index (κ1) is 12.6. The van der Waals surface area contributed by atoms with Gasteiger partial charge in [0.05, 0.1) is 0 Å². The lowest BCUT2D eigenvalue weighted by Gasteiger charge is -2.20. The van der Waals surface area contributed by atoms with E-state index in [1.807, 2.05) is 44.2 Å². The smallest absolute Gasteiger partial charge is 0.149 e. The molecular formula is C14H18O2. The van der Waals surface area contributed by atoms with Gasteiger partial charge in [-0.15, -0.1) is 0 Å². The molecule has 0 saturated heterocycles. The largest absolute Gasteiger partial charge is 0.481 e. The van der Waals surface area contributed by atoms with E-state index in [2.05, 4.69) is 11.8 Å². The molecule has 0 aliphatic carbocycles. The molecule has 0 aliphatic heterocycles. The van der Waals surface area contributed by atoms with Crippen LogP contribution in [0.3, 0.4) is 0 Å². The van der Waals surface area contributed by atoms with Crippen molar-refractivity contribution in [1.29, 1.82) is 0 Å². The van der Waals surface area contributed by atoms with Gasteiger partial charge in [0.25, 0.3) is 0 Å². The quantitative estimate of drug-likeness (QED) is 0.790. The van der Waals surface area contributed by atoms with Crippen LogP contribution in [0.5, 0.6) is 5.75 Å². The van der Waals surface area contributed by atoms with E-state index in [0.29, 0.717) is 6.61 Å². The molecule has 0 aliphatic rings. The highest BCUT2D eigenvalue weighted by atomic mass is 16.5. The molecule has 0 bridgehead atoms. The molecule has 1 aromatic carbocycles. The van der Waals surface area contributed by atoms with Crippen LogP contribution in [0.4, 0.5) is 0 Å². The van der Waals surface area contributed by atoms with Crippen molar-refractivity contribution in [2.75, 3.05) is 6.61 Å². The minimum atomic E-state index is -0.944. The van der Waals surface area contributed by atoms with Gasteiger partial charge in [-0.05, 0) is 25.0 Å². The summed E-state index contributed by atoms with van der Waals surface area (Å²) in [7, 11) is 0. The zero-order valence-electron chi connectivity index (χ0n) is 10.0. The summed E-state index contributed by atoms with van der Waals surface area (Å²) in [5.41, 5.74) is -0.944. The van der Waals surface area contributed by atoms with Crippen molar-refractivity contribution in [3.05, 3.63) is 30.3 Å². The highest BCUT2D eigenvalue weighted by Gasteiger charge is 2.21. The molecule has 1 atom stereocenters. The van der Waals surface area contributed by atoms with Gasteiger partial charge in [0.15, 0.2) is 0 Å². The van der Waals surface area contributed by atoms with Gasteiger partial charge in [-0.3, -0.25) is 0 Å². The summed E-state index contributed by atoms with van der Waals surface area (Å²) >= 11 is 0. The fourth-order valence-corrected chi connectivity index (χ4v) is 0.996. The van der Waals surface area contributed by atoms with Crippen LogP contribution in [-0.2, 0) is 0 Å². The van der Waals surface area contributed by atoms with Crippen LogP contribution in [0.25, 0.3) is 0 Å². The topological polar surface area (TPSA) is 29.5 Å². The summed E-state index contributed by atoms with van der Waals surface area (Å²) in [6, 6.07) is 9.51. The van der Waals surface area contributed by atoms with Crippen molar-refractivity contribution in [3.8, 4) is 17.6 Å². The van der Waals surface area contributed by atoms with Crippen LogP contribution in [0.15, 0.2) is 30.3 Å². The first-order valence-electron chi connectivity index (χ1n) is 5.42. The molecule has 0 radical (unpaired) electrons. The molecule has 1 rings (SSSR count). The van der Waals surface area contributed by atoms with Gasteiger partial charge >= 0.3 is 0 Å². The van der Waals surface area contributed by atoms with E-state index in [1.54, 1.807) is 6.92 Å². The van der Waals surface area contributed by atoms with Gasteiger partial charge in [0.2, 0.25) is 0 Å². The highest BCUT2D eigenvalue weighted by Crippen LogP contribution is 2.14. The fraction of sp³-hybridized carbons (Fsp3) is 0.429. The number of hydrogen-bond donors (Lipinski definition) is 1. The molecule has 2 heteroatoms. The SMILES string of the molecule is CC(C)C(C)(O)C#CCOc1ccccc1. The second kappa shape index (κ2) is 5.58. The van der Waals surface area contributed by atoms with Gasteiger partial charge in [-0.25, -0.2) is 0 Å². The van der Waals surface area contributed by atoms with Gasteiger partial charge in [-0.2, -0.15) is 0 Å². The molecule has 2 nitrogen and oxygen atoms in total. The highest BCUT2D eigenvalue weighted by molar-refractivity contribution is 5.22. The van der Waals surface area contributed by atoms with E-state index in [-0.39, 0.29) is 5.92 Å². The van der Waals surface area contributed by atoms with Crippen LogP contribution in [0.1, 0.15) is 20.8 Å². The van der Waals surface area contributed by atoms with E-state index < -0.39 is 5.60 Å². The summed E-state index contributed by atoms with van der Waals surface area (Å²) in [4.78, 5) is 0.